The van der Waals surface area contributed by atoms with Crippen molar-refractivity contribution in [3.05, 3.63) is 23.9 Å². The zero-order chi connectivity index (χ0) is 11.5. The molecule has 1 aliphatic rings. The molecule has 0 spiro atoms. The van der Waals surface area contributed by atoms with Crippen molar-refractivity contribution in [2.75, 3.05) is 31.6 Å². The van der Waals surface area contributed by atoms with Crippen LogP contribution in [0.5, 0.6) is 0 Å². The fraction of sp³-hybridized carbons (Fsp3) is 0.583. The lowest BCUT2D eigenvalue weighted by Gasteiger charge is -2.39. The summed E-state index contributed by atoms with van der Waals surface area (Å²) in [4.78, 5) is 9.00. The van der Waals surface area contributed by atoms with Crippen molar-refractivity contribution >= 4 is 5.82 Å². The minimum absolute atomic E-state index is 0.0578. The molecule has 1 aromatic heterocycles. The number of rotatable bonds is 2. The molecule has 0 radical (unpaired) electrons. The summed E-state index contributed by atoms with van der Waals surface area (Å²) in [5.74, 6) is 0.936. The number of aliphatic hydroxyl groups excluding tert-OH is 1. The third-order valence-electron chi connectivity index (χ3n) is 3.14. The Kier molecular flexibility index (Phi) is 3.41. The lowest BCUT2D eigenvalue weighted by molar-refractivity contribution is 0.267. The predicted molar refractivity (Wildman–Crippen MR) is 64.5 cm³/mol. The van der Waals surface area contributed by atoms with Crippen molar-refractivity contribution in [2.24, 2.45) is 0 Å². The molecular weight excluding hydrogens is 202 g/mol. The van der Waals surface area contributed by atoms with Crippen LogP contribution in [-0.2, 0) is 6.61 Å². The molecule has 0 bridgehead atoms. The molecule has 1 aromatic rings. The molecule has 2 heterocycles. The highest BCUT2D eigenvalue weighted by Crippen LogP contribution is 2.21. The van der Waals surface area contributed by atoms with E-state index in [0.29, 0.717) is 6.04 Å². The number of pyridine rings is 1. The molecule has 0 aliphatic carbocycles. The van der Waals surface area contributed by atoms with Crippen LogP contribution in [0.25, 0.3) is 0 Å². The van der Waals surface area contributed by atoms with Gasteiger partial charge < -0.3 is 14.9 Å². The largest absolute Gasteiger partial charge is 0.392 e. The third kappa shape index (κ3) is 2.18. The van der Waals surface area contributed by atoms with E-state index in [1.54, 1.807) is 6.20 Å². The maximum absolute atomic E-state index is 9.31. The number of anilines is 1. The predicted octanol–water partition coefficient (Wildman–Crippen LogP) is 0.714. The van der Waals surface area contributed by atoms with Crippen LogP contribution in [0.4, 0.5) is 5.82 Å². The van der Waals surface area contributed by atoms with Gasteiger partial charge in [-0.1, -0.05) is 6.07 Å². The van der Waals surface area contributed by atoms with Gasteiger partial charge in [-0.05, 0) is 20.0 Å². The van der Waals surface area contributed by atoms with Gasteiger partial charge in [-0.25, -0.2) is 4.98 Å². The zero-order valence-corrected chi connectivity index (χ0v) is 9.93. The molecule has 1 saturated heterocycles. The first-order valence-electron chi connectivity index (χ1n) is 5.72. The van der Waals surface area contributed by atoms with E-state index < -0.39 is 0 Å². The van der Waals surface area contributed by atoms with E-state index in [0.717, 1.165) is 31.0 Å². The minimum atomic E-state index is 0.0578. The quantitative estimate of drug-likeness (QED) is 0.798. The first-order valence-corrected chi connectivity index (χ1v) is 5.72. The second-order valence-corrected chi connectivity index (χ2v) is 4.45. The molecule has 4 heteroatoms. The number of piperazine rings is 1. The van der Waals surface area contributed by atoms with E-state index in [2.05, 4.69) is 28.8 Å². The van der Waals surface area contributed by atoms with Crippen LogP contribution in [0.3, 0.4) is 0 Å². The molecule has 16 heavy (non-hydrogen) atoms. The van der Waals surface area contributed by atoms with E-state index in [1.807, 2.05) is 12.1 Å². The van der Waals surface area contributed by atoms with E-state index >= 15 is 0 Å². The van der Waals surface area contributed by atoms with Gasteiger partial charge in [0.25, 0.3) is 0 Å². The Labute approximate surface area is 96.5 Å². The van der Waals surface area contributed by atoms with Crippen LogP contribution in [-0.4, -0.2) is 47.7 Å². The van der Waals surface area contributed by atoms with Crippen LogP contribution in [0.15, 0.2) is 18.3 Å². The summed E-state index contributed by atoms with van der Waals surface area (Å²) >= 11 is 0. The maximum atomic E-state index is 9.31. The Bertz CT molecular complexity index is 356. The zero-order valence-electron chi connectivity index (χ0n) is 9.93. The summed E-state index contributed by atoms with van der Waals surface area (Å²) in [5.41, 5.74) is 0.916. The number of hydrogen-bond donors (Lipinski definition) is 1. The fourth-order valence-electron chi connectivity index (χ4n) is 2.27. The van der Waals surface area contributed by atoms with Crippen molar-refractivity contribution in [3.63, 3.8) is 0 Å². The van der Waals surface area contributed by atoms with Crippen LogP contribution in [0, 0.1) is 0 Å². The average Bonchev–Trinajstić information content (AvgIpc) is 2.29. The second kappa shape index (κ2) is 4.80. The summed E-state index contributed by atoms with van der Waals surface area (Å²) in [5, 5.41) is 9.31. The Hall–Kier alpha value is -1.13. The van der Waals surface area contributed by atoms with Gasteiger partial charge in [0.05, 0.1) is 6.61 Å². The molecule has 1 N–H and O–H groups in total. The van der Waals surface area contributed by atoms with Crippen molar-refractivity contribution in [2.45, 2.75) is 19.6 Å². The Balaban J connectivity index is 2.23. The molecule has 1 unspecified atom stereocenters. The lowest BCUT2D eigenvalue weighted by Crippen LogP contribution is -2.51. The van der Waals surface area contributed by atoms with E-state index in [1.165, 1.54) is 0 Å². The molecule has 0 aromatic carbocycles. The molecule has 1 fully saturated rings. The highest BCUT2D eigenvalue weighted by molar-refractivity contribution is 5.47. The Morgan fingerprint density at radius 2 is 2.31 bits per heavy atom. The highest BCUT2D eigenvalue weighted by atomic mass is 16.3. The summed E-state index contributed by atoms with van der Waals surface area (Å²) in [6, 6.07) is 4.25. The van der Waals surface area contributed by atoms with Gasteiger partial charge in [-0.15, -0.1) is 0 Å². The van der Waals surface area contributed by atoms with Crippen LogP contribution >= 0.6 is 0 Å². The van der Waals surface area contributed by atoms with Gasteiger partial charge in [0.15, 0.2) is 0 Å². The van der Waals surface area contributed by atoms with Gasteiger partial charge in [0.2, 0.25) is 0 Å². The van der Waals surface area contributed by atoms with Crippen molar-refractivity contribution < 1.29 is 5.11 Å². The molecule has 4 nitrogen and oxygen atoms in total. The van der Waals surface area contributed by atoms with Gasteiger partial charge in [-0.2, -0.15) is 0 Å². The smallest absolute Gasteiger partial charge is 0.134 e. The molecule has 88 valence electrons. The van der Waals surface area contributed by atoms with Gasteiger partial charge in [0.1, 0.15) is 5.82 Å². The van der Waals surface area contributed by atoms with Gasteiger partial charge in [-0.3, -0.25) is 0 Å². The minimum Gasteiger partial charge on any atom is -0.392 e. The Morgan fingerprint density at radius 1 is 1.50 bits per heavy atom. The number of nitrogens with zero attached hydrogens (tertiary/aromatic N) is 3. The fourth-order valence-corrected chi connectivity index (χ4v) is 2.27. The summed E-state index contributed by atoms with van der Waals surface area (Å²) in [6.07, 6.45) is 1.79. The van der Waals surface area contributed by atoms with Gasteiger partial charge >= 0.3 is 0 Å². The number of likely N-dealkylation sites (N-methyl/N-ethyl adjacent to an activating group) is 1. The van der Waals surface area contributed by atoms with Gasteiger partial charge in [0, 0.05) is 37.4 Å². The SMILES string of the molecule is CC1CN(C)CCN1c1ncccc1CO. The molecule has 0 saturated carbocycles. The van der Waals surface area contributed by atoms with Crippen LogP contribution < -0.4 is 4.90 Å². The van der Waals surface area contributed by atoms with Crippen molar-refractivity contribution in [1.29, 1.82) is 0 Å². The topological polar surface area (TPSA) is 39.6 Å². The summed E-state index contributed by atoms with van der Waals surface area (Å²) in [7, 11) is 2.14. The molecule has 0 amide bonds. The maximum Gasteiger partial charge on any atom is 0.134 e. The highest BCUT2D eigenvalue weighted by Gasteiger charge is 2.23. The van der Waals surface area contributed by atoms with E-state index in [4.69, 9.17) is 0 Å². The normalized spacial score (nSPS) is 22.4. The number of hydrogen-bond acceptors (Lipinski definition) is 4. The first-order chi connectivity index (χ1) is 7.72. The second-order valence-electron chi connectivity index (χ2n) is 4.45. The standard InChI is InChI=1S/C12H19N3O/c1-10-8-14(2)6-7-15(10)12-11(9-16)4-3-5-13-12/h3-5,10,16H,6-9H2,1-2H3. The monoisotopic (exact) mass is 221 g/mol. The lowest BCUT2D eigenvalue weighted by atomic mass is 10.1. The summed E-state index contributed by atoms with van der Waals surface area (Å²) in [6.45, 7) is 5.32. The van der Waals surface area contributed by atoms with E-state index in [9.17, 15) is 5.11 Å². The Morgan fingerprint density at radius 3 is 3.00 bits per heavy atom. The molecule has 2 rings (SSSR count). The van der Waals surface area contributed by atoms with Crippen LogP contribution in [0.1, 0.15) is 12.5 Å². The first kappa shape index (κ1) is 11.4. The molecule has 1 aliphatic heterocycles. The summed E-state index contributed by atoms with van der Waals surface area (Å²) < 4.78 is 0. The third-order valence-corrected chi connectivity index (χ3v) is 3.14. The van der Waals surface area contributed by atoms with Crippen molar-refractivity contribution in [1.82, 2.24) is 9.88 Å². The number of aromatic nitrogens is 1. The van der Waals surface area contributed by atoms with E-state index in [-0.39, 0.29) is 6.61 Å². The molecular formula is C12H19N3O. The van der Waals surface area contributed by atoms with Crippen LogP contribution in [0.2, 0.25) is 0 Å². The van der Waals surface area contributed by atoms with Crippen molar-refractivity contribution in [3.8, 4) is 0 Å². The average molecular weight is 221 g/mol. The number of aliphatic hydroxyl groups is 1. The molecule has 1 atom stereocenters.